The Morgan fingerprint density at radius 2 is 2.38 bits per heavy atom. The lowest BCUT2D eigenvalue weighted by atomic mass is 10.0. The van der Waals surface area contributed by atoms with Crippen LogP contribution >= 0.6 is 0 Å². The Morgan fingerprint density at radius 1 is 1.69 bits per heavy atom. The summed E-state index contributed by atoms with van der Waals surface area (Å²) in [5, 5.41) is 12.0. The SMILES string of the molecule is C#CCNC1CC(C)CC1C(=O)O. The molecule has 1 rings (SSSR count). The highest BCUT2D eigenvalue weighted by atomic mass is 16.4. The zero-order valence-electron chi connectivity index (χ0n) is 7.79. The van der Waals surface area contributed by atoms with Crippen molar-refractivity contribution < 1.29 is 9.90 Å². The molecule has 3 atom stereocenters. The summed E-state index contributed by atoms with van der Waals surface area (Å²) in [6.07, 6.45) is 6.78. The van der Waals surface area contributed by atoms with Crippen LogP contribution in [0.25, 0.3) is 0 Å². The number of carboxylic acids is 1. The fourth-order valence-corrected chi connectivity index (χ4v) is 1.98. The van der Waals surface area contributed by atoms with Crippen LogP contribution in [-0.4, -0.2) is 23.7 Å². The highest BCUT2D eigenvalue weighted by Gasteiger charge is 2.36. The van der Waals surface area contributed by atoms with E-state index in [9.17, 15) is 4.79 Å². The van der Waals surface area contributed by atoms with Crippen LogP contribution in [0.3, 0.4) is 0 Å². The maximum Gasteiger partial charge on any atom is 0.308 e. The molecule has 13 heavy (non-hydrogen) atoms. The van der Waals surface area contributed by atoms with Crippen molar-refractivity contribution in [1.29, 1.82) is 0 Å². The third-order valence-corrected chi connectivity index (χ3v) is 2.58. The molecule has 3 unspecified atom stereocenters. The van der Waals surface area contributed by atoms with Gasteiger partial charge in [-0.2, -0.15) is 0 Å². The molecule has 0 aromatic carbocycles. The lowest BCUT2D eigenvalue weighted by Crippen LogP contribution is -2.36. The Balaban J connectivity index is 2.51. The van der Waals surface area contributed by atoms with Gasteiger partial charge in [-0.15, -0.1) is 6.42 Å². The van der Waals surface area contributed by atoms with Crippen LogP contribution in [0.1, 0.15) is 19.8 Å². The van der Waals surface area contributed by atoms with Gasteiger partial charge in [0.2, 0.25) is 0 Å². The minimum atomic E-state index is -0.709. The van der Waals surface area contributed by atoms with Crippen LogP contribution in [-0.2, 0) is 4.79 Å². The molecule has 0 bridgehead atoms. The van der Waals surface area contributed by atoms with Crippen LogP contribution in [0.4, 0.5) is 0 Å². The topological polar surface area (TPSA) is 49.3 Å². The number of aliphatic carboxylic acids is 1. The van der Waals surface area contributed by atoms with Crippen molar-refractivity contribution in [2.45, 2.75) is 25.8 Å². The minimum absolute atomic E-state index is 0.0588. The smallest absolute Gasteiger partial charge is 0.308 e. The van der Waals surface area contributed by atoms with E-state index in [1.807, 2.05) is 0 Å². The summed E-state index contributed by atoms with van der Waals surface area (Å²) in [6, 6.07) is 0.0588. The van der Waals surface area contributed by atoms with Crippen molar-refractivity contribution in [3.63, 3.8) is 0 Å². The number of carboxylic acid groups (broad SMARTS) is 1. The first-order chi connectivity index (χ1) is 6.15. The molecule has 0 saturated heterocycles. The molecule has 0 heterocycles. The van der Waals surface area contributed by atoms with Crippen LogP contribution in [0, 0.1) is 24.2 Å². The van der Waals surface area contributed by atoms with Crippen molar-refractivity contribution >= 4 is 5.97 Å². The molecule has 1 fully saturated rings. The van der Waals surface area contributed by atoms with Gasteiger partial charge < -0.3 is 10.4 Å². The van der Waals surface area contributed by atoms with E-state index >= 15 is 0 Å². The van der Waals surface area contributed by atoms with Gasteiger partial charge in [-0.05, 0) is 18.8 Å². The molecule has 1 aliphatic rings. The molecule has 0 aromatic rings. The standard InChI is InChI=1S/C10H15NO2/c1-3-4-11-9-6-7(2)5-8(9)10(12)13/h1,7-9,11H,4-6H2,2H3,(H,12,13). The van der Waals surface area contributed by atoms with E-state index in [-0.39, 0.29) is 12.0 Å². The lowest BCUT2D eigenvalue weighted by molar-refractivity contribution is -0.142. The third-order valence-electron chi connectivity index (χ3n) is 2.58. The summed E-state index contributed by atoms with van der Waals surface area (Å²) in [7, 11) is 0. The first-order valence-electron chi connectivity index (χ1n) is 4.54. The second kappa shape index (κ2) is 4.29. The van der Waals surface area contributed by atoms with Gasteiger partial charge in [-0.1, -0.05) is 12.8 Å². The monoisotopic (exact) mass is 181 g/mol. The third kappa shape index (κ3) is 2.46. The number of rotatable bonds is 3. The molecule has 0 radical (unpaired) electrons. The second-order valence-electron chi connectivity index (χ2n) is 3.71. The second-order valence-corrected chi connectivity index (χ2v) is 3.71. The predicted molar refractivity (Wildman–Crippen MR) is 50.1 cm³/mol. The number of terminal acetylenes is 1. The molecule has 0 aromatic heterocycles. The largest absolute Gasteiger partial charge is 0.481 e. The van der Waals surface area contributed by atoms with E-state index in [1.165, 1.54) is 0 Å². The summed E-state index contributed by atoms with van der Waals surface area (Å²) in [5.41, 5.74) is 0. The highest BCUT2D eigenvalue weighted by Crippen LogP contribution is 2.30. The Bertz CT molecular complexity index is 232. The number of nitrogens with one attached hydrogen (secondary N) is 1. The van der Waals surface area contributed by atoms with Crippen molar-refractivity contribution in [2.75, 3.05) is 6.54 Å². The van der Waals surface area contributed by atoms with Crippen LogP contribution < -0.4 is 5.32 Å². The Hall–Kier alpha value is -1.01. The summed E-state index contributed by atoms with van der Waals surface area (Å²) >= 11 is 0. The van der Waals surface area contributed by atoms with Crippen molar-refractivity contribution in [3.05, 3.63) is 0 Å². The fourth-order valence-electron chi connectivity index (χ4n) is 1.98. The van der Waals surface area contributed by atoms with E-state index in [0.29, 0.717) is 12.5 Å². The fraction of sp³-hybridized carbons (Fsp3) is 0.700. The molecule has 3 heteroatoms. The van der Waals surface area contributed by atoms with Gasteiger partial charge in [-0.25, -0.2) is 0 Å². The van der Waals surface area contributed by atoms with Crippen LogP contribution in [0.5, 0.6) is 0 Å². The van der Waals surface area contributed by atoms with Gasteiger partial charge in [0.05, 0.1) is 12.5 Å². The number of hydrogen-bond donors (Lipinski definition) is 2. The van der Waals surface area contributed by atoms with Crippen LogP contribution in [0.15, 0.2) is 0 Å². The maximum absolute atomic E-state index is 10.8. The lowest BCUT2D eigenvalue weighted by Gasteiger charge is -2.15. The summed E-state index contributed by atoms with van der Waals surface area (Å²) < 4.78 is 0. The zero-order valence-corrected chi connectivity index (χ0v) is 7.79. The van der Waals surface area contributed by atoms with Crippen molar-refractivity contribution in [2.24, 2.45) is 11.8 Å². The van der Waals surface area contributed by atoms with E-state index in [2.05, 4.69) is 18.2 Å². The van der Waals surface area contributed by atoms with Gasteiger partial charge in [0.25, 0.3) is 0 Å². The van der Waals surface area contributed by atoms with Crippen LogP contribution in [0.2, 0.25) is 0 Å². The Morgan fingerprint density at radius 3 is 2.92 bits per heavy atom. The maximum atomic E-state index is 10.8. The molecule has 0 amide bonds. The van der Waals surface area contributed by atoms with E-state index < -0.39 is 5.97 Å². The Labute approximate surface area is 78.5 Å². The van der Waals surface area contributed by atoms with Gasteiger partial charge in [0.1, 0.15) is 0 Å². The molecule has 3 nitrogen and oxygen atoms in total. The Kier molecular flexibility index (Phi) is 3.32. The normalized spacial score (nSPS) is 32.8. The molecule has 2 N–H and O–H groups in total. The quantitative estimate of drug-likeness (QED) is 0.630. The average Bonchev–Trinajstić information content (AvgIpc) is 2.43. The number of carbonyl (C=O) groups is 1. The summed E-state index contributed by atoms with van der Waals surface area (Å²) in [5.74, 6) is 1.98. The predicted octanol–water partition coefficient (Wildman–Crippen LogP) is 0.709. The van der Waals surface area contributed by atoms with Gasteiger partial charge >= 0.3 is 5.97 Å². The molecule has 72 valence electrons. The summed E-state index contributed by atoms with van der Waals surface area (Å²) in [4.78, 5) is 10.8. The minimum Gasteiger partial charge on any atom is -0.481 e. The molecule has 0 spiro atoms. The molecule has 1 saturated carbocycles. The first kappa shape index (κ1) is 10.1. The van der Waals surface area contributed by atoms with E-state index in [1.54, 1.807) is 0 Å². The van der Waals surface area contributed by atoms with Crippen molar-refractivity contribution in [1.82, 2.24) is 5.32 Å². The number of hydrogen-bond acceptors (Lipinski definition) is 2. The van der Waals surface area contributed by atoms with E-state index in [0.717, 1.165) is 12.8 Å². The molecule has 0 aliphatic heterocycles. The zero-order chi connectivity index (χ0) is 9.84. The summed E-state index contributed by atoms with van der Waals surface area (Å²) in [6.45, 7) is 2.54. The van der Waals surface area contributed by atoms with E-state index in [4.69, 9.17) is 11.5 Å². The van der Waals surface area contributed by atoms with Gasteiger partial charge in [0, 0.05) is 6.04 Å². The first-order valence-corrected chi connectivity index (χ1v) is 4.54. The molecule has 1 aliphatic carbocycles. The average molecular weight is 181 g/mol. The molecular formula is C10H15NO2. The molecular weight excluding hydrogens is 166 g/mol. The van der Waals surface area contributed by atoms with Gasteiger partial charge in [-0.3, -0.25) is 4.79 Å². The van der Waals surface area contributed by atoms with Gasteiger partial charge in [0.15, 0.2) is 0 Å². The van der Waals surface area contributed by atoms with Crippen molar-refractivity contribution in [3.8, 4) is 12.3 Å². The highest BCUT2D eigenvalue weighted by molar-refractivity contribution is 5.71.